The number of carbonyl (C=O) groups excluding carboxylic acids is 1. The number of carbonyl (C=O) groups is 1. The molecule has 0 aliphatic carbocycles. The highest BCUT2D eigenvalue weighted by molar-refractivity contribution is 5.97. The molecule has 1 amide bonds. The third-order valence-corrected chi connectivity index (χ3v) is 4.23. The van der Waals surface area contributed by atoms with Gasteiger partial charge in [-0.1, -0.05) is 20.8 Å². The van der Waals surface area contributed by atoms with E-state index in [-0.39, 0.29) is 5.91 Å². The second kappa shape index (κ2) is 7.30. The Morgan fingerprint density at radius 3 is 2.43 bits per heavy atom. The molecule has 1 heterocycles. The largest absolute Gasteiger partial charge is 0.496 e. The summed E-state index contributed by atoms with van der Waals surface area (Å²) in [5, 5.41) is 0. The van der Waals surface area contributed by atoms with Crippen LogP contribution in [0.2, 0.25) is 0 Å². The van der Waals surface area contributed by atoms with Gasteiger partial charge in [-0.25, -0.2) is 4.39 Å². The number of methoxy groups -OCH3 is 1. The van der Waals surface area contributed by atoms with Gasteiger partial charge in [0.1, 0.15) is 11.6 Å². The van der Waals surface area contributed by atoms with Crippen LogP contribution in [0.4, 0.5) is 4.39 Å². The summed E-state index contributed by atoms with van der Waals surface area (Å²) < 4.78 is 18.6. The van der Waals surface area contributed by atoms with Crippen molar-refractivity contribution in [2.45, 2.75) is 27.2 Å². The number of rotatable bonds is 4. The van der Waals surface area contributed by atoms with E-state index in [2.05, 4.69) is 25.7 Å². The molecule has 1 saturated heterocycles. The fraction of sp³-hybridized carbons (Fsp3) is 0.611. The maximum Gasteiger partial charge on any atom is 0.257 e. The van der Waals surface area contributed by atoms with Gasteiger partial charge >= 0.3 is 0 Å². The summed E-state index contributed by atoms with van der Waals surface area (Å²) in [5.41, 5.74) is 0.623. The second-order valence-corrected chi connectivity index (χ2v) is 7.29. The van der Waals surface area contributed by atoms with E-state index in [9.17, 15) is 9.18 Å². The van der Waals surface area contributed by atoms with Gasteiger partial charge < -0.3 is 9.64 Å². The molecule has 1 aromatic rings. The molecule has 1 aromatic carbocycles. The highest BCUT2D eigenvalue weighted by Gasteiger charge is 2.25. The van der Waals surface area contributed by atoms with Crippen molar-refractivity contribution in [2.75, 3.05) is 39.8 Å². The Morgan fingerprint density at radius 2 is 1.87 bits per heavy atom. The zero-order valence-electron chi connectivity index (χ0n) is 14.6. The molecular weight excluding hydrogens is 295 g/mol. The summed E-state index contributed by atoms with van der Waals surface area (Å²) in [7, 11) is 1.49. The summed E-state index contributed by atoms with van der Waals surface area (Å²) in [6, 6.07) is 4.06. The van der Waals surface area contributed by atoms with Crippen LogP contribution in [0.25, 0.3) is 0 Å². The number of hydrogen-bond donors (Lipinski definition) is 0. The maximum absolute atomic E-state index is 13.5. The van der Waals surface area contributed by atoms with Crippen LogP contribution in [-0.2, 0) is 0 Å². The summed E-state index contributed by atoms with van der Waals surface area (Å²) in [5.74, 6) is -0.152. The molecule has 128 valence electrons. The lowest BCUT2D eigenvalue weighted by Gasteiger charge is -2.36. The zero-order valence-corrected chi connectivity index (χ0v) is 14.6. The third kappa shape index (κ3) is 4.93. The molecule has 0 aromatic heterocycles. The first-order valence-corrected chi connectivity index (χ1v) is 8.15. The molecule has 0 N–H and O–H groups in total. The fourth-order valence-electron chi connectivity index (χ4n) is 2.69. The number of amides is 1. The summed E-state index contributed by atoms with van der Waals surface area (Å²) in [6.07, 6.45) is 1.14. The number of hydrogen-bond acceptors (Lipinski definition) is 3. The van der Waals surface area contributed by atoms with E-state index >= 15 is 0 Å². The van der Waals surface area contributed by atoms with Crippen molar-refractivity contribution in [1.82, 2.24) is 9.80 Å². The standard InChI is InChI=1S/C18H27FN2O2/c1-18(2,3)7-8-20-9-11-21(12-10-20)17(22)15-13-14(19)5-6-16(15)23-4/h5-6,13H,7-12H2,1-4H3. The SMILES string of the molecule is COc1ccc(F)cc1C(=O)N1CCN(CCC(C)(C)C)CC1. The fourth-order valence-corrected chi connectivity index (χ4v) is 2.69. The molecular formula is C18H27FN2O2. The van der Waals surface area contributed by atoms with E-state index in [1.54, 1.807) is 4.90 Å². The summed E-state index contributed by atoms with van der Waals surface area (Å²) in [4.78, 5) is 16.8. The van der Waals surface area contributed by atoms with Crippen LogP contribution in [0.5, 0.6) is 5.75 Å². The van der Waals surface area contributed by atoms with Crippen molar-refractivity contribution >= 4 is 5.91 Å². The van der Waals surface area contributed by atoms with Crippen LogP contribution in [0.3, 0.4) is 0 Å². The van der Waals surface area contributed by atoms with Gasteiger partial charge in [-0.3, -0.25) is 9.69 Å². The van der Waals surface area contributed by atoms with E-state index in [0.717, 1.165) is 26.1 Å². The molecule has 1 fully saturated rings. The van der Waals surface area contributed by atoms with Gasteiger partial charge in [0, 0.05) is 26.2 Å². The van der Waals surface area contributed by atoms with Crippen LogP contribution in [-0.4, -0.2) is 55.5 Å². The topological polar surface area (TPSA) is 32.8 Å². The van der Waals surface area contributed by atoms with E-state index in [0.29, 0.717) is 29.8 Å². The highest BCUT2D eigenvalue weighted by Crippen LogP contribution is 2.23. The van der Waals surface area contributed by atoms with Crippen molar-refractivity contribution in [3.63, 3.8) is 0 Å². The lowest BCUT2D eigenvalue weighted by Crippen LogP contribution is -2.49. The minimum atomic E-state index is -0.419. The number of benzene rings is 1. The lowest BCUT2D eigenvalue weighted by atomic mass is 9.92. The van der Waals surface area contributed by atoms with E-state index in [4.69, 9.17) is 4.74 Å². The Balaban J connectivity index is 1.95. The van der Waals surface area contributed by atoms with E-state index in [1.165, 1.54) is 25.3 Å². The molecule has 1 aliphatic heterocycles. The number of piperazine rings is 1. The minimum absolute atomic E-state index is 0.156. The minimum Gasteiger partial charge on any atom is -0.496 e. The summed E-state index contributed by atoms with van der Waals surface area (Å²) in [6.45, 7) is 10.8. The molecule has 4 nitrogen and oxygen atoms in total. The van der Waals surface area contributed by atoms with Gasteiger partial charge in [0.05, 0.1) is 12.7 Å². The van der Waals surface area contributed by atoms with Gasteiger partial charge in [-0.15, -0.1) is 0 Å². The van der Waals surface area contributed by atoms with Gasteiger partial charge in [-0.2, -0.15) is 0 Å². The molecule has 0 spiro atoms. The normalized spacial score (nSPS) is 16.5. The Morgan fingerprint density at radius 1 is 1.22 bits per heavy atom. The predicted molar refractivity (Wildman–Crippen MR) is 89.4 cm³/mol. The molecule has 2 rings (SSSR count). The van der Waals surface area contributed by atoms with Crippen LogP contribution in [0, 0.1) is 11.2 Å². The molecule has 0 atom stereocenters. The van der Waals surface area contributed by atoms with Crippen LogP contribution in [0.15, 0.2) is 18.2 Å². The Labute approximate surface area is 138 Å². The monoisotopic (exact) mass is 322 g/mol. The quantitative estimate of drug-likeness (QED) is 0.854. The van der Waals surface area contributed by atoms with Crippen molar-refractivity contribution < 1.29 is 13.9 Å². The molecule has 1 aliphatic rings. The molecule has 0 bridgehead atoms. The smallest absolute Gasteiger partial charge is 0.257 e. The Kier molecular flexibility index (Phi) is 5.63. The molecule has 0 radical (unpaired) electrons. The van der Waals surface area contributed by atoms with E-state index in [1.807, 2.05) is 0 Å². The van der Waals surface area contributed by atoms with Crippen molar-refractivity contribution in [3.05, 3.63) is 29.6 Å². The van der Waals surface area contributed by atoms with Gasteiger partial charge in [-0.05, 0) is 36.6 Å². The number of nitrogens with zero attached hydrogens (tertiary/aromatic N) is 2. The average Bonchev–Trinajstić information content (AvgIpc) is 2.52. The van der Waals surface area contributed by atoms with Crippen LogP contribution < -0.4 is 4.74 Å². The number of halogens is 1. The van der Waals surface area contributed by atoms with Gasteiger partial charge in [0.15, 0.2) is 0 Å². The third-order valence-electron chi connectivity index (χ3n) is 4.23. The van der Waals surface area contributed by atoms with Crippen LogP contribution in [0.1, 0.15) is 37.6 Å². The highest BCUT2D eigenvalue weighted by atomic mass is 19.1. The molecule has 0 unspecified atom stereocenters. The van der Waals surface area contributed by atoms with Crippen molar-refractivity contribution in [1.29, 1.82) is 0 Å². The molecule has 0 saturated carbocycles. The zero-order chi connectivity index (χ0) is 17.0. The first-order valence-electron chi connectivity index (χ1n) is 8.15. The van der Waals surface area contributed by atoms with E-state index < -0.39 is 5.82 Å². The average molecular weight is 322 g/mol. The lowest BCUT2D eigenvalue weighted by molar-refractivity contribution is 0.0619. The molecule has 5 heteroatoms. The first-order chi connectivity index (χ1) is 10.8. The van der Waals surface area contributed by atoms with Crippen molar-refractivity contribution in [2.24, 2.45) is 5.41 Å². The van der Waals surface area contributed by atoms with Crippen LogP contribution >= 0.6 is 0 Å². The predicted octanol–water partition coefficient (Wildman–Crippen LogP) is 3.03. The summed E-state index contributed by atoms with van der Waals surface area (Å²) >= 11 is 0. The van der Waals surface area contributed by atoms with Crippen molar-refractivity contribution in [3.8, 4) is 5.75 Å². The Hall–Kier alpha value is -1.62. The first kappa shape index (κ1) is 17.7. The van der Waals surface area contributed by atoms with Gasteiger partial charge in [0.25, 0.3) is 5.91 Å². The second-order valence-electron chi connectivity index (χ2n) is 7.29. The maximum atomic E-state index is 13.5. The Bertz CT molecular complexity index is 546. The molecule has 23 heavy (non-hydrogen) atoms. The van der Waals surface area contributed by atoms with Gasteiger partial charge in [0.2, 0.25) is 0 Å². The number of ether oxygens (including phenoxy) is 1.